The summed E-state index contributed by atoms with van der Waals surface area (Å²) in [5.41, 5.74) is 10.5. The molecule has 2 aromatic rings. The van der Waals surface area contributed by atoms with Crippen LogP contribution in [-0.4, -0.2) is 12.5 Å². The van der Waals surface area contributed by atoms with E-state index in [2.05, 4.69) is 28.7 Å². The van der Waals surface area contributed by atoms with Gasteiger partial charge in [-0.1, -0.05) is 17.7 Å². The van der Waals surface area contributed by atoms with E-state index in [1.807, 2.05) is 19.1 Å². The van der Waals surface area contributed by atoms with Crippen molar-refractivity contribution in [1.29, 1.82) is 0 Å². The van der Waals surface area contributed by atoms with Gasteiger partial charge in [0.2, 0.25) is 0 Å². The molecule has 0 aliphatic carbocycles. The zero-order valence-corrected chi connectivity index (χ0v) is 14.4. The van der Waals surface area contributed by atoms with E-state index < -0.39 is 0 Å². The number of nitrogen functional groups attached to an aromatic ring is 1. The van der Waals surface area contributed by atoms with E-state index in [4.69, 9.17) is 17.3 Å². The number of hydrogen-bond donors (Lipinski definition) is 1. The maximum Gasteiger partial charge on any atom is 0.259 e. The third-order valence-corrected chi connectivity index (χ3v) is 4.94. The van der Waals surface area contributed by atoms with Crippen molar-refractivity contribution >= 4 is 51.5 Å². The smallest absolute Gasteiger partial charge is 0.259 e. The molecule has 5 heteroatoms. The minimum Gasteiger partial charge on any atom is -0.398 e. The van der Waals surface area contributed by atoms with Crippen molar-refractivity contribution in [3.63, 3.8) is 0 Å². The van der Waals surface area contributed by atoms with Crippen molar-refractivity contribution in [3.8, 4) is 0 Å². The normalized spacial score (nSPS) is 13.4. The second-order valence-corrected chi connectivity index (χ2v) is 6.77. The van der Waals surface area contributed by atoms with Gasteiger partial charge in [0.05, 0.1) is 5.56 Å². The van der Waals surface area contributed by atoms with Gasteiger partial charge in [-0.3, -0.25) is 4.79 Å². The molecule has 0 atom stereocenters. The maximum atomic E-state index is 12.8. The number of rotatable bonds is 1. The number of fused-ring (bicyclic) bond motifs is 1. The number of nitrogens with two attached hydrogens (primary N) is 1. The van der Waals surface area contributed by atoms with Crippen LogP contribution in [0, 0.1) is 10.5 Å². The lowest BCUT2D eigenvalue weighted by molar-refractivity contribution is 0.0988. The second-order valence-electron chi connectivity index (χ2n) is 5.17. The molecule has 0 bridgehead atoms. The lowest BCUT2D eigenvalue weighted by Crippen LogP contribution is -2.29. The number of anilines is 2. The number of hydrogen-bond acceptors (Lipinski definition) is 2. The Morgan fingerprint density at radius 3 is 2.86 bits per heavy atom. The van der Waals surface area contributed by atoms with Gasteiger partial charge in [-0.15, -0.1) is 0 Å². The van der Waals surface area contributed by atoms with Crippen LogP contribution in [0.4, 0.5) is 11.4 Å². The number of amides is 1. The van der Waals surface area contributed by atoms with Gasteiger partial charge < -0.3 is 10.6 Å². The summed E-state index contributed by atoms with van der Waals surface area (Å²) < 4.78 is 0.899. The van der Waals surface area contributed by atoms with Crippen LogP contribution < -0.4 is 10.6 Å². The summed E-state index contributed by atoms with van der Waals surface area (Å²) in [6.45, 7) is 2.67. The van der Waals surface area contributed by atoms with E-state index in [9.17, 15) is 4.79 Å². The van der Waals surface area contributed by atoms with Crippen molar-refractivity contribution in [2.45, 2.75) is 13.3 Å². The molecule has 1 heterocycles. The fourth-order valence-corrected chi connectivity index (χ4v) is 3.33. The molecule has 0 radical (unpaired) electrons. The Bertz CT molecular complexity index is 745. The molecule has 0 spiro atoms. The Morgan fingerprint density at radius 2 is 2.10 bits per heavy atom. The Hall–Kier alpha value is -1.27. The van der Waals surface area contributed by atoms with E-state index in [1.165, 1.54) is 5.56 Å². The lowest BCUT2D eigenvalue weighted by Gasteiger charge is -2.19. The molecular formula is C16H14ClIN2O. The number of benzene rings is 2. The van der Waals surface area contributed by atoms with E-state index in [0.717, 1.165) is 21.2 Å². The molecular weight excluding hydrogens is 399 g/mol. The fourth-order valence-electron chi connectivity index (χ4n) is 2.59. The van der Waals surface area contributed by atoms with Crippen LogP contribution in [0.25, 0.3) is 0 Å². The molecule has 3 rings (SSSR count). The Labute approximate surface area is 142 Å². The first-order valence-electron chi connectivity index (χ1n) is 6.63. The zero-order valence-electron chi connectivity index (χ0n) is 11.5. The zero-order chi connectivity index (χ0) is 15.1. The first-order chi connectivity index (χ1) is 9.97. The van der Waals surface area contributed by atoms with Crippen molar-refractivity contribution in [2.75, 3.05) is 17.2 Å². The van der Waals surface area contributed by atoms with Crippen LogP contribution >= 0.6 is 34.2 Å². The monoisotopic (exact) mass is 412 g/mol. The molecule has 0 unspecified atom stereocenters. The van der Waals surface area contributed by atoms with Gasteiger partial charge in [0.25, 0.3) is 5.91 Å². The summed E-state index contributed by atoms with van der Waals surface area (Å²) in [5, 5.41) is 0.571. The van der Waals surface area contributed by atoms with E-state index in [0.29, 0.717) is 22.8 Å². The standard InChI is InChI=1S/C16H14ClIN2O/c1-9-6-10-4-5-20(15(10)8-14(9)19)16(21)12-7-11(17)2-3-13(12)18/h2-3,6-8H,4-5,19H2,1H3. The van der Waals surface area contributed by atoms with Gasteiger partial charge in [0.15, 0.2) is 0 Å². The number of carbonyl (C=O) groups is 1. The molecule has 1 aliphatic rings. The van der Waals surface area contributed by atoms with Gasteiger partial charge in [-0.25, -0.2) is 0 Å². The highest BCUT2D eigenvalue weighted by Gasteiger charge is 2.27. The first kappa shape index (κ1) is 14.7. The molecule has 2 N–H and O–H groups in total. The van der Waals surface area contributed by atoms with Gasteiger partial charge in [0.1, 0.15) is 0 Å². The van der Waals surface area contributed by atoms with Crippen LogP contribution in [0.1, 0.15) is 21.5 Å². The quantitative estimate of drug-likeness (QED) is 0.568. The van der Waals surface area contributed by atoms with Crippen molar-refractivity contribution in [3.05, 3.63) is 55.6 Å². The lowest BCUT2D eigenvalue weighted by atomic mass is 10.1. The summed E-state index contributed by atoms with van der Waals surface area (Å²) >= 11 is 8.18. The van der Waals surface area contributed by atoms with E-state index >= 15 is 0 Å². The van der Waals surface area contributed by atoms with Crippen LogP contribution in [0.3, 0.4) is 0 Å². The topological polar surface area (TPSA) is 46.3 Å². The van der Waals surface area contributed by atoms with Crippen molar-refractivity contribution in [2.24, 2.45) is 0 Å². The Kier molecular flexibility index (Phi) is 3.84. The molecule has 1 aliphatic heterocycles. The highest BCUT2D eigenvalue weighted by atomic mass is 127. The minimum absolute atomic E-state index is 0.0242. The number of nitrogens with zero attached hydrogens (tertiary/aromatic N) is 1. The summed E-state index contributed by atoms with van der Waals surface area (Å²) in [7, 11) is 0. The SMILES string of the molecule is Cc1cc2c(cc1N)N(C(=O)c1cc(Cl)ccc1I)CC2. The first-order valence-corrected chi connectivity index (χ1v) is 8.09. The number of aryl methyl sites for hydroxylation is 1. The Morgan fingerprint density at radius 1 is 1.33 bits per heavy atom. The molecule has 0 saturated carbocycles. The fraction of sp³-hybridized carbons (Fsp3) is 0.188. The largest absolute Gasteiger partial charge is 0.398 e. The van der Waals surface area contributed by atoms with Crippen LogP contribution in [0.2, 0.25) is 5.02 Å². The third-order valence-electron chi connectivity index (χ3n) is 3.77. The Balaban J connectivity index is 2.02. The van der Waals surface area contributed by atoms with Gasteiger partial charge in [0, 0.05) is 26.5 Å². The molecule has 0 aromatic heterocycles. The molecule has 21 heavy (non-hydrogen) atoms. The molecule has 3 nitrogen and oxygen atoms in total. The summed E-state index contributed by atoms with van der Waals surface area (Å²) in [6.07, 6.45) is 0.860. The van der Waals surface area contributed by atoms with Crippen molar-refractivity contribution < 1.29 is 4.79 Å². The number of carbonyl (C=O) groups excluding carboxylic acids is 1. The molecule has 108 valence electrons. The number of halogens is 2. The summed E-state index contributed by atoms with van der Waals surface area (Å²) in [4.78, 5) is 14.6. The van der Waals surface area contributed by atoms with Crippen LogP contribution in [-0.2, 0) is 6.42 Å². The van der Waals surface area contributed by atoms with Gasteiger partial charge in [-0.05, 0) is 71.3 Å². The van der Waals surface area contributed by atoms with E-state index in [-0.39, 0.29) is 5.91 Å². The second kappa shape index (κ2) is 5.50. The molecule has 0 fully saturated rings. The summed E-state index contributed by atoms with van der Waals surface area (Å²) in [5.74, 6) is -0.0242. The summed E-state index contributed by atoms with van der Waals surface area (Å²) in [6, 6.07) is 9.34. The highest BCUT2D eigenvalue weighted by molar-refractivity contribution is 14.1. The predicted octanol–water partition coefficient (Wildman–Crippen LogP) is 4.04. The highest BCUT2D eigenvalue weighted by Crippen LogP contribution is 2.33. The predicted molar refractivity (Wildman–Crippen MR) is 95.1 cm³/mol. The van der Waals surface area contributed by atoms with E-state index in [1.54, 1.807) is 17.0 Å². The third kappa shape index (κ3) is 2.62. The minimum atomic E-state index is -0.0242. The van der Waals surface area contributed by atoms with Crippen LogP contribution in [0.5, 0.6) is 0 Å². The molecule has 1 amide bonds. The van der Waals surface area contributed by atoms with Gasteiger partial charge in [-0.2, -0.15) is 0 Å². The van der Waals surface area contributed by atoms with Crippen molar-refractivity contribution in [1.82, 2.24) is 0 Å². The average molecular weight is 413 g/mol. The van der Waals surface area contributed by atoms with Gasteiger partial charge >= 0.3 is 0 Å². The average Bonchev–Trinajstić information content (AvgIpc) is 2.84. The molecule has 2 aromatic carbocycles. The maximum absolute atomic E-state index is 12.8. The van der Waals surface area contributed by atoms with Crippen LogP contribution in [0.15, 0.2) is 30.3 Å². The molecule has 0 saturated heterocycles.